The highest BCUT2D eigenvalue weighted by molar-refractivity contribution is 5.77. The third-order valence-corrected chi connectivity index (χ3v) is 4.23. The lowest BCUT2D eigenvalue weighted by atomic mass is 10.1. The Labute approximate surface area is 170 Å². The minimum absolute atomic E-state index is 0.130. The van der Waals surface area contributed by atoms with Crippen LogP contribution in [0.5, 0.6) is 11.5 Å². The fourth-order valence-electron chi connectivity index (χ4n) is 2.80. The summed E-state index contributed by atoms with van der Waals surface area (Å²) in [4.78, 5) is 11.3. The molecule has 0 heterocycles. The van der Waals surface area contributed by atoms with Crippen molar-refractivity contribution in [2.75, 3.05) is 13.2 Å². The van der Waals surface area contributed by atoms with E-state index >= 15 is 0 Å². The minimum atomic E-state index is -0.277. The highest BCUT2D eigenvalue weighted by Gasteiger charge is 2.05. The van der Waals surface area contributed by atoms with E-state index in [4.69, 9.17) is 14.7 Å². The summed E-state index contributed by atoms with van der Waals surface area (Å²) in [6.45, 7) is 1.23. The smallest absolute Gasteiger partial charge is 0.234 e. The Morgan fingerprint density at radius 1 is 0.862 bits per heavy atom. The molecule has 0 saturated heterocycles. The highest BCUT2D eigenvalue weighted by atomic mass is 16.5. The Hall–Kier alpha value is -3.78. The van der Waals surface area contributed by atoms with Crippen LogP contribution >= 0.6 is 0 Å². The molecule has 0 unspecified atom stereocenters. The largest absolute Gasteiger partial charge is 0.490 e. The van der Waals surface area contributed by atoms with Crippen LogP contribution in [0.15, 0.2) is 78.9 Å². The fourth-order valence-corrected chi connectivity index (χ4v) is 2.80. The molecule has 5 nitrogen and oxygen atoms in total. The number of carbonyl (C=O) groups is 1. The quantitative estimate of drug-likeness (QED) is 0.555. The van der Waals surface area contributed by atoms with E-state index in [2.05, 4.69) is 17.4 Å². The number of ether oxygens (including phenoxy) is 2. The molecule has 0 aromatic heterocycles. The molecule has 0 fully saturated rings. The topological polar surface area (TPSA) is 71.4 Å². The zero-order chi connectivity index (χ0) is 20.3. The maximum Gasteiger partial charge on any atom is 0.234 e. The number of nitrogens with zero attached hydrogens (tertiary/aromatic N) is 1. The molecule has 3 aromatic carbocycles. The number of hydrogen-bond donors (Lipinski definition) is 1. The van der Waals surface area contributed by atoms with Gasteiger partial charge >= 0.3 is 0 Å². The van der Waals surface area contributed by atoms with Gasteiger partial charge in [-0.15, -0.1) is 0 Å². The van der Waals surface area contributed by atoms with Gasteiger partial charge in [-0.25, -0.2) is 0 Å². The molecule has 0 aliphatic carbocycles. The van der Waals surface area contributed by atoms with Crippen LogP contribution in [0.1, 0.15) is 12.0 Å². The number of rotatable bonds is 9. The molecule has 3 rings (SSSR count). The molecule has 3 aromatic rings. The Morgan fingerprint density at radius 3 is 2.31 bits per heavy atom. The lowest BCUT2D eigenvalue weighted by Crippen LogP contribution is -2.21. The van der Waals surface area contributed by atoms with Crippen molar-refractivity contribution in [1.82, 2.24) is 5.32 Å². The summed E-state index contributed by atoms with van der Waals surface area (Å²) in [7, 11) is 0. The van der Waals surface area contributed by atoms with Crippen LogP contribution < -0.4 is 14.8 Å². The van der Waals surface area contributed by atoms with Crippen molar-refractivity contribution in [2.45, 2.75) is 13.0 Å². The Balaban J connectivity index is 1.47. The van der Waals surface area contributed by atoms with Gasteiger partial charge < -0.3 is 14.8 Å². The molecular weight excluding hydrogens is 364 g/mol. The second-order valence-corrected chi connectivity index (χ2v) is 6.31. The van der Waals surface area contributed by atoms with Crippen LogP contribution in [0.4, 0.5) is 0 Å². The summed E-state index contributed by atoms with van der Waals surface area (Å²) in [6, 6.07) is 27.4. The second-order valence-electron chi connectivity index (χ2n) is 6.31. The molecule has 0 saturated carbocycles. The first-order valence-corrected chi connectivity index (χ1v) is 9.39. The molecule has 0 aliphatic rings. The van der Waals surface area contributed by atoms with E-state index in [1.165, 1.54) is 0 Å². The van der Waals surface area contributed by atoms with E-state index in [9.17, 15) is 4.79 Å². The van der Waals surface area contributed by atoms with E-state index in [1.807, 2.05) is 72.8 Å². The monoisotopic (exact) mass is 386 g/mol. The van der Waals surface area contributed by atoms with Gasteiger partial charge in [0.25, 0.3) is 0 Å². The number of nitrogens with one attached hydrogen (secondary N) is 1. The first-order valence-electron chi connectivity index (χ1n) is 9.39. The average molecular weight is 386 g/mol. The number of benzene rings is 3. The molecule has 29 heavy (non-hydrogen) atoms. The summed E-state index contributed by atoms with van der Waals surface area (Å²) >= 11 is 0. The van der Waals surface area contributed by atoms with Crippen molar-refractivity contribution in [3.8, 4) is 28.7 Å². The predicted molar refractivity (Wildman–Crippen MR) is 111 cm³/mol. The third kappa shape index (κ3) is 6.12. The zero-order valence-electron chi connectivity index (χ0n) is 16.0. The molecule has 5 heteroatoms. The normalized spacial score (nSPS) is 10.0. The van der Waals surface area contributed by atoms with Gasteiger partial charge in [0.1, 0.15) is 31.1 Å². The van der Waals surface area contributed by atoms with Gasteiger partial charge in [-0.05, 0) is 29.3 Å². The molecule has 0 radical (unpaired) electrons. The maximum atomic E-state index is 11.3. The van der Waals surface area contributed by atoms with Crippen molar-refractivity contribution >= 4 is 5.91 Å². The van der Waals surface area contributed by atoms with Gasteiger partial charge in [0.2, 0.25) is 5.91 Å². The lowest BCUT2D eigenvalue weighted by Gasteiger charge is -2.12. The Bertz CT molecular complexity index is 963. The van der Waals surface area contributed by atoms with Crippen LogP contribution in [0.2, 0.25) is 0 Å². The first-order chi connectivity index (χ1) is 14.3. The van der Waals surface area contributed by atoms with E-state index < -0.39 is 0 Å². The number of carbonyl (C=O) groups excluding carboxylic acids is 1. The van der Waals surface area contributed by atoms with Crippen LogP contribution in [0.3, 0.4) is 0 Å². The number of hydrogen-bond acceptors (Lipinski definition) is 4. The van der Waals surface area contributed by atoms with Crippen molar-refractivity contribution in [2.24, 2.45) is 0 Å². The predicted octanol–water partition coefficient (Wildman–Crippen LogP) is 4.34. The summed E-state index contributed by atoms with van der Waals surface area (Å²) in [6.07, 6.45) is -0.130. The van der Waals surface area contributed by atoms with Crippen LogP contribution in [-0.2, 0) is 11.3 Å². The molecule has 146 valence electrons. The van der Waals surface area contributed by atoms with Crippen LogP contribution in [0, 0.1) is 11.3 Å². The van der Waals surface area contributed by atoms with E-state index in [0.29, 0.717) is 19.8 Å². The van der Waals surface area contributed by atoms with Crippen LogP contribution in [-0.4, -0.2) is 19.1 Å². The standard InChI is InChI=1S/C24H22N2O3/c25-15-14-24(27)26-18-19-10-12-21(13-11-19)28-16-17-29-23-9-5-4-8-22(23)20-6-2-1-3-7-20/h1-13H,14,16-18H2,(H,26,27). The number of amides is 1. The number of nitriles is 1. The summed E-state index contributed by atoms with van der Waals surface area (Å²) in [5.41, 5.74) is 3.11. The van der Waals surface area contributed by atoms with Gasteiger partial charge in [0.05, 0.1) is 6.07 Å². The molecule has 0 bridgehead atoms. The average Bonchev–Trinajstić information content (AvgIpc) is 2.77. The highest BCUT2D eigenvalue weighted by Crippen LogP contribution is 2.29. The summed E-state index contributed by atoms with van der Waals surface area (Å²) in [5, 5.41) is 11.2. The Kier molecular flexibility index (Phi) is 7.25. The molecule has 0 atom stereocenters. The zero-order valence-corrected chi connectivity index (χ0v) is 16.0. The molecule has 1 N–H and O–H groups in total. The van der Waals surface area contributed by atoms with Gasteiger partial charge in [-0.3, -0.25) is 4.79 Å². The van der Waals surface area contributed by atoms with E-state index in [-0.39, 0.29) is 12.3 Å². The molecule has 1 amide bonds. The van der Waals surface area contributed by atoms with Crippen molar-refractivity contribution in [3.05, 3.63) is 84.4 Å². The molecular formula is C24H22N2O3. The summed E-state index contributed by atoms with van der Waals surface area (Å²) < 4.78 is 11.7. The SMILES string of the molecule is N#CCC(=O)NCc1ccc(OCCOc2ccccc2-c2ccccc2)cc1. The van der Waals surface area contributed by atoms with Crippen molar-refractivity contribution in [1.29, 1.82) is 5.26 Å². The lowest BCUT2D eigenvalue weighted by molar-refractivity contribution is -0.120. The molecule has 0 spiro atoms. The van der Waals surface area contributed by atoms with E-state index in [1.54, 1.807) is 0 Å². The third-order valence-electron chi connectivity index (χ3n) is 4.23. The van der Waals surface area contributed by atoms with Gasteiger partial charge in [-0.2, -0.15) is 5.26 Å². The maximum absolute atomic E-state index is 11.3. The first kappa shape index (κ1) is 20.0. The second kappa shape index (κ2) is 10.5. The molecule has 0 aliphatic heterocycles. The Morgan fingerprint density at radius 2 is 1.55 bits per heavy atom. The van der Waals surface area contributed by atoms with Gasteiger partial charge in [-0.1, -0.05) is 60.7 Å². The summed E-state index contributed by atoms with van der Waals surface area (Å²) in [5.74, 6) is 1.28. The minimum Gasteiger partial charge on any atom is -0.490 e. The number of para-hydroxylation sites is 1. The van der Waals surface area contributed by atoms with Gasteiger partial charge in [0, 0.05) is 12.1 Å². The van der Waals surface area contributed by atoms with Gasteiger partial charge in [0.15, 0.2) is 0 Å². The van der Waals surface area contributed by atoms with Crippen molar-refractivity contribution < 1.29 is 14.3 Å². The van der Waals surface area contributed by atoms with Crippen LogP contribution in [0.25, 0.3) is 11.1 Å². The fraction of sp³-hybridized carbons (Fsp3) is 0.167. The van der Waals surface area contributed by atoms with E-state index in [0.717, 1.165) is 28.2 Å². The van der Waals surface area contributed by atoms with Crippen molar-refractivity contribution in [3.63, 3.8) is 0 Å².